The zero-order valence-corrected chi connectivity index (χ0v) is 14.3. The fourth-order valence-electron chi connectivity index (χ4n) is 1.95. The van der Waals surface area contributed by atoms with Gasteiger partial charge >= 0.3 is 5.97 Å². The van der Waals surface area contributed by atoms with E-state index in [2.05, 4.69) is 0 Å². The molecule has 6 nitrogen and oxygen atoms in total. The van der Waals surface area contributed by atoms with Crippen molar-refractivity contribution in [3.8, 4) is 11.5 Å². The number of rotatable bonds is 6. The highest BCUT2D eigenvalue weighted by Crippen LogP contribution is 2.32. The number of hydrogen-bond donors (Lipinski definition) is 2. The van der Waals surface area contributed by atoms with Crippen LogP contribution in [0.15, 0.2) is 41.3 Å². The summed E-state index contributed by atoms with van der Waals surface area (Å²) in [5.74, 6) is -2.15. The van der Waals surface area contributed by atoms with Crippen LogP contribution in [0.1, 0.15) is 15.9 Å². The molecule has 0 aliphatic heterocycles. The number of aromatic carboxylic acids is 1. The molecular weight excluding hydrogens is 356 g/mol. The molecule has 0 spiro atoms. The first kappa shape index (κ1) is 18.1. The van der Waals surface area contributed by atoms with Crippen LogP contribution in [0.25, 0.3) is 0 Å². The lowest BCUT2D eigenvalue weighted by Gasteiger charge is -2.10. The van der Waals surface area contributed by atoms with E-state index in [-0.39, 0.29) is 28.0 Å². The van der Waals surface area contributed by atoms with Crippen molar-refractivity contribution >= 4 is 27.4 Å². The Bertz CT molecular complexity index is 859. The molecule has 0 aromatic heterocycles. The van der Waals surface area contributed by atoms with E-state index in [1.165, 1.54) is 18.2 Å². The molecule has 0 aliphatic rings. The number of halogens is 1. The van der Waals surface area contributed by atoms with Gasteiger partial charge in [0.1, 0.15) is 23.7 Å². The molecule has 2 rings (SSSR count). The Hall–Kier alpha value is -2.25. The van der Waals surface area contributed by atoms with Crippen molar-refractivity contribution in [2.75, 3.05) is 12.4 Å². The predicted octanol–water partition coefficient (Wildman–Crippen LogP) is 2.90. The minimum atomic E-state index is -3.52. The van der Waals surface area contributed by atoms with E-state index in [9.17, 15) is 18.3 Å². The van der Waals surface area contributed by atoms with Crippen LogP contribution in [0.4, 0.5) is 0 Å². The summed E-state index contributed by atoms with van der Waals surface area (Å²) in [6.45, 7) is 1.67. The van der Waals surface area contributed by atoms with E-state index in [1.54, 1.807) is 12.1 Å². The summed E-state index contributed by atoms with van der Waals surface area (Å²) in [6, 6.07) is 8.75. The van der Waals surface area contributed by atoms with E-state index in [0.717, 1.165) is 11.6 Å². The predicted molar refractivity (Wildman–Crippen MR) is 88.8 cm³/mol. The minimum absolute atomic E-state index is 0.0642. The average molecular weight is 371 g/mol. The second kappa shape index (κ2) is 7.11. The van der Waals surface area contributed by atoms with Gasteiger partial charge in [-0.05, 0) is 25.1 Å². The van der Waals surface area contributed by atoms with Crippen LogP contribution in [0.5, 0.6) is 11.5 Å². The number of carbonyl (C=O) groups is 1. The van der Waals surface area contributed by atoms with Crippen molar-refractivity contribution < 1.29 is 28.2 Å². The number of carboxylic acids is 1. The number of benzene rings is 2. The maximum absolute atomic E-state index is 12.2. The van der Waals surface area contributed by atoms with Crippen molar-refractivity contribution in [2.45, 2.75) is 11.8 Å². The third-order valence-electron chi connectivity index (χ3n) is 3.27. The van der Waals surface area contributed by atoms with Gasteiger partial charge in [0.25, 0.3) is 0 Å². The van der Waals surface area contributed by atoms with Crippen LogP contribution in [0.3, 0.4) is 0 Å². The van der Waals surface area contributed by atoms with Gasteiger partial charge < -0.3 is 14.9 Å². The number of phenols is 1. The molecule has 0 fully saturated rings. The lowest BCUT2D eigenvalue weighted by molar-refractivity contribution is 0.0693. The van der Waals surface area contributed by atoms with Gasteiger partial charge in [0, 0.05) is 6.07 Å². The van der Waals surface area contributed by atoms with Gasteiger partial charge in [0.2, 0.25) is 0 Å². The molecule has 0 aliphatic carbocycles. The van der Waals surface area contributed by atoms with Gasteiger partial charge in [-0.2, -0.15) is 0 Å². The summed E-state index contributed by atoms with van der Waals surface area (Å²) < 4.78 is 29.7. The summed E-state index contributed by atoms with van der Waals surface area (Å²) >= 11 is 5.73. The highest BCUT2D eigenvalue weighted by Gasteiger charge is 2.17. The first-order valence-corrected chi connectivity index (χ1v) is 8.92. The normalized spacial score (nSPS) is 11.2. The van der Waals surface area contributed by atoms with Crippen LogP contribution in [0.2, 0.25) is 5.02 Å². The van der Waals surface area contributed by atoms with Crippen molar-refractivity contribution in [1.29, 1.82) is 0 Å². The fraction of sp³-hybridized carbons (Fsp3) is 0.188. The molecule has 0 amide bonds. The second-order valence-electron chi connectivity index (χ2n) is 5.09. The summed E-state index contributed by atoms with van der Waals surface area (Å²) in [4.78, 5) is 11.2. The Labute approximate surface area is 144 Å². The second-order valence-corrected chi connectivity index (χ2v) is 7.60. The molecule has 0 bridgehead atoms. The number of hydrogen-bond acceptors (Lipinski definition) is 5. The van der Waals surface area contributed by atoms with Crippen LogP contribution >= 0.6 is 11.6 Å². The zero-order chi connectivity index (χ0) is 17.9. The number of aromatic hydroxyl groups is 1. The molecule has 0 saturated heterocycles. The molecule has 0 heterocycles. The zero-order valence-electron chi connectivity index (χ0n) is 12.7. The number of carboxylic acid groups (broad SMARTS) is 1. The smallest absolute Gasteiger partial charge is 0.339 e. The van der Waals surface area contributed by atoms with E-state index in [1.807, 2.05) is 6.92 Å². The molecule has 0 saturated carbocycles. The van der Waals surface area contributed by atoms with Crippen LogP contribution in [-0.4, -0.2) is 37.0 Å². The highest BCUT2D eigenvalue weighted by molar-refractivity contribution is 7.91. The maximum Gasteiger partial charge on any atom is 0.339 e. The Kier molecular flexibility index (Phi) is 5.36. The lowest BCUT2D eigenvalue weighted by Crippen LogP contribution is -2.14. The highest BCUT2D eigenvalue weighted by atomic mass is 35.5. The first-order chi connectivity index (χ1) is 11.2. The standard InChI is InChI=1S/C16H15ClO6S/c1-10-2-4-12(5-3-10)24(21,22)7-6-23-11-8-13(16(19)20)15(18)14(17)9-11/h2-5,8-9,18H,6-7H2,1H3,(H,19,20). The van der Waals surface area contributed by atoms with Gasteiger partial charge in [0.05, 0.1) is 15.7 Å². The van der Waals surface area contributed by atoms with Crippen molar-refractivity contribution in [3.63, 3.8) is 0 Å². The maximum atomic E-state index is 12.2. The molecule has 0 unspecified atom stereocenters. The Morgan fingerprint density at radius 1 is 1.21 bits per heavy atom. The fourth-order valence-corrected chi connectivity index (χ4v) is 3.25. The van der Waals surface area contributed by atoms with Gasteiger partial charge in [-0.15, -0.1) is 0 Å². The molecule has 128 valence electrons. The molecule has 0 atom stereocenters. The van der Waals surface area contributed by atoms with E-state index < -0.39 is 27.1 Å². The minimum Gasteiger partial charge on any atom is -0.505 e. The largest absolute Gasteiger partial charge is 0.505 e. The van der Waals surface area contributed by atoms with Gasteiger partial charge in [-0.3, -0.25) is 0 Å². The molecule has 2 aromatic rings. The number of sulfone groups is 1. The SMILES string of the molecule is Cc1ccc(S(=O)(=O)CCOc2cc(Cl)c(O)c(C(=O)O)c2)cc1. The molecule has 0 radical (unpaired) electrons. The number of ether oxygens (including phenoxy) is 1. The van der Waals surface area contributed by atoms with Crippen molar-refractivity contribution in [2.24, 2.45) is 0 Å². The lowest BCUT2D eigenvalue weighted by atomic mass is 10.2. The quantitative estimate of drug-likeness (QED) is 0.810. The molecular formula is C16H15ClO6S. The van der Waals surface area contributed by atoms with E-state index in [0.29, 0.717) is 0 Å². The van der Waals surface area contributed by atoms with Gasteiger partial charge in [-0.25, -0.2) is 13.2 Å². The Morgan fingerprint density at radius 2 is 1.83 bits per heavy atom. The van der Waals surface area contributed by atoms with Crippen LogP contribution in [-0.2, 0) is 9.84 Å². The average Bonchev–Trinajstić information content (AvgIpc) is 2.50. The van der Waals surface area contributed by atoms with E-state index in [4.69, 9.17) is 21.4 Å². The first-order valence-electron chi connectivity index (χ1n) is 6.89. The summed E-state index contributed by atoms with van der Waals surface area (Å²) in [7, 11) is -3.52. The van der Waals surface area contributed by atoms with Gasteiger partial charge in [0.15, 0.2) is 9.84 Å². The third kappa shape index (κ3) is 4.18. The van der Waals surface area contributed by atoms with Gasteiger partial charge in [-0.1, -0.05) is 29.3 Å². The monoisotopic (exact) mass is 370 g/mol. The summed E-state index contributed by atoms with van der Waals surface area (Å²) in [6.07, 6.45) is 0. The molecule has 2 N–H and O–H groups in total. The topological polar surface area (TPSA) is 101 Å². The summed E-state index contributed by atoms with van der Waals surface area (Å²) in [5.41, 5.74) is 0.532. The van der Waals surface area contributed by atoms with Crippen LogP contribution < -0.4 is 4.74 Å². The van der Waals surface area contributed by atoms with Crippen molar-refractivity contribution in [3.05, 3.63) is 52.5 Å². The molecule has 8 heteroatoms. The molecule has 24 heavy (non-hydrogen) atoms. The molecule has 2 aromatic carbocycles. The summed E-state index contributed by atoms with van der Waals surface area (Å²) in [5, 5.41) is 18.3. The Balaban J connectivity index is 2.09. The Morgan fingerprint density at radius 3 is 2.42 bits per heavy atom. The number of aryl methyl sites for hydroxylation is 1. The van der Waals surface area contributed by atoms with Crippen LogP contribution in [0, 0.1) is 6.92 Å². The third-order valence-corrected chi connectivity index (χ3v) is 5.25. The van der Waals surface area contributed by atoms with Crippen molar-refractivity contribution in [1.82, 2.24) is 0 Å². The van der Waals surface area contributed by atoms with E-state index >= 15 is 0 Å².